The van der Waals surface area contributed by atoms with Gasteiger partial charge in [-0.05, 0) is 30.3 Å². The van der Waals surface area contributed by atoms with Gasteiger partial charge in [-0.1, -0.05) is 30.0 Å². The maximum atomic E-state index is 11.8. The second-order valence-corrected chi connectivity index (χ2v) is 6.34. The van der Waals surface area contributed by atoms with Crippen molar-refractivity contribution in [1.82, 2.24) is 15.6 Å². The summed E-state index contributed by atoms with van der Waals surface area (Å²) in [6, 6.07) is 14.3. The number of carbonyl (C=O) groups is 1. The molecule has 136 valence electrons. The fraction of sp³-hybridized carbons (Fsp3) is 0.111. The second kappa shape index (κ2) is 7.92. The Kier molecular flexibility index (Phi) is 5.01. The zero-order chi connectivity index (χ0) is 18.5. The average Bonchev–Trinajstić information content (AvgIpc) is 3.37. The molecule has 1 aromatic heterocycles. The van der Waals surface area contributed by atoms with Crippen LogP contribution in [-0.4, -0.2) is 34.9 Å². The predicted molar refractivity (Wildman–Crippen MR) is 99.0 cm³/mol. The number of hydrazone groups is 1. The molecule has 0 radical (unpaired) electrons. The molecule has 0 spiro atoms. The summed E-state index contributed by atoms with van der Waals surface area (Å²) in [6.07, 6.45) is 1.57. The standard InChI is InChI=1S/C18H14N4O4S/c23-16(12-4-2-1-3-5-12)20-19-8-9-27-18-22-21-17(26-18)13-6-7-14-15(10-13)25-11-24-14/h1-8,10H,9,11H2,(H,20,23). The zero-order valence-electron chi connectivity index (χ0n) is 14.0. The van der Waals surface area contributed by atoms with Gasteiger partial charge in [0.15, 0.2) is 11.5 Å². The number of amides is 1. The largest absolute Gasteiger partial charge is 0.454 e. The lowest BCUT2D eigenvalue weighted by Crippen LogP contribution is -2.17. The van der Waals surface area contributed by atoms with Crippen LogP contribution in [0.2, 0.25) is 0 Å². The summed E-state index contributed by atoms with van der Waals surface area (Å²) in [7, 11) is 0. The summed E-state index contributed by atoms with van der Waals surface area (Å²) in [5, 5.41) is 12.3. The van der Waals surface area contributed by atoms with Crippen molar-refractivity contribution in [1.29, 1.82) is 0 Å². The minimum atomic E-state index is -0.264. The van der Waals surface area contributed by atoms with E-state index in [9.17, 15) is 4.79 Å². The Morgan fingerprint density at radius 3 is 2.89 bits per heavy atom. The van der Waals surface area contributed by atoms with E-state index in [2.05, 4.69) is 20.7 Å². The smallest absolute Gasteiger partial charge is 0.277 e. The summed E-state index contributed by atoms with van der Waals surface area (Å²) < 4.78 is 16.2. The molecule has 4 rings (SSSR count). The number of nitrogens with one attached hydrogen (secondary N) is 1. The molecule has 0 saturated heterocycles. The first-order valence-electron chi connectivity index (χ1n) is 8.03. The number of thioether (sulfide) groups is 1. The monoisotopic (exact) mass is 382 g/mol. The van der Waals surface area contributed by atoms with Gasteiger partial charge in [-0.3, -0.25) is 4.79 Å². The molecular weight excluding hydrogens is 368 g/mol. The van der Waals surface area contributed by atoms with Crippen LogP contribution < -0.4 is 14.9 Å². The van der Waals surface area contributed by atoms with Crippen molar-refractivity contribution in [3.8, 4) is 23.0 Å². The van der Waals surface area contributed by atoms with E-state index in [1.54, 1.807) is 42.6 Å². The minimum Gasteiger partial charge on any atom is -0.454 e. The first-order chi connectivity index (χ1) is 13.3. The lowest BCUT2D eigenvalue weighted by molar-refractivity contribution is 0.0955. The Balaban J connectivity index is 1.29. The van der Waals surface area contributed by atoms with Crippen molar-refractivity contribution in [2.45, 2.75) is 5.22 Å². The van der Waals surface area contributed by atoms with E-state index in [0.29, 0.717) is 33.9 Å². The van der Waals surface area contributed by atoms with Crippen molar-refractivity contribution in [2.24, 2.45) is 5.10 Å². The summed E-state index contributed by atoms with van der Waals surface area (Å²) in [5.74, 6) is 1.95. The van der Waals surface area contributed by atoms with Gasteiger partial charge < -0.3 is 13.9 Å². The molecule has 2 aromatic carbocycles. The van der Waals surface area contributed by atoms with Gasteiger partial charge in [-0.15, -0.1) is 10.2 Å². The Labute approximate surface area is 158 Å². The summed E-state index contributed by atoms with van der Waals surface area (Å²) in [6.45, 7) is 0.212. The second-order valence-electron chi connectivity index (χ2n) is 5.37. The van der Waals surface area contributed by atoms with Crippen LogP contribution in [-0.2, 0) is 0 Å². The number of nitrogens with zero attached hydrogens (tertiary/aromatic N) is 3. The molecule has 8 nitrogen and oxygen atoms in total. The molecule has 0 unspecified atom stereocenters. The number of benzene rings is 2. The minimum absolute atomic E-state index is 0.212. The van der Waals surface area contributed by atoms with Crippen LogP contribution in [0.1, 0.15) is 10.4 Å². The maximum absolute atomic E-state index is 11.8. The molecule has 3 aromatic rings. The first kappa shape index (κ1) is 17.1. The molecule has 9 heteroatoms. The molecule has 1 aliphatic heterocycles. The highest BCUT2D eigenvalue weighted by Gasteiger charge is 2.16. The van der Waals surface area contributed by atoms with E-state index in [0.717, 1.165) is 5.56 Å². The third-order valence-electron chi connectivity index (χ3n) is 3.60. The molecule has 1 aliphatic rings. The van der Waals surface area contributed by atoms with Gasteiger partial charge in [-0.25, -0.2) is 5.43 Å². The summed E-state index contributed by atoms with van der Waals surface area (Å²) in [4.78, 5) is 11.8. The third-order valence-corrected chi connectivity index (χ3v) is 4.33. The molecule has 0 bridgehead atoms. The molecule has 0 aliphatic carbocycles. The quantitative estimate of drug-likeness (QED) is 0.397. The predicted octanol–water partition coefficient (Wildman–Crippen LogP) is 2.97. The topological polar surface area (TPSA) is 98.8 Å². The van der Waals surface area contributed by atoms with Gasteiger partial charge in [-0.2, -0.15) is 5.10 Å². The van der Waals surface area contributed by atoms with Crippen LogP contribution in [0.5, 0.6) is 11.5 Å². The van der Waals surface area contributed by atoms with E-state index in [1.165, 1.54) is 11.8 Å². The van der Waals surface area contributed by atoms with Crippen LogP contribution in [0.3, 0.4) is 0 Å². The Morgan fingerprint density at radius 2 is 2.00 bits per heavy atom. The summed E-state index contributed by atoms with van der Waals surface area (Å²) >= 11 is 1.31. The van der Waals surface area contributed by atoms with E-state index in [-0.39, 0.29) is 12.7 Å². The van der Waals surface area contributed by atoms with E-state index < -0.39 is 0 Å². The molecule has 0 fully saturated rings. The van der Waals surface area contributed by atoms with Crippen molar-refractivity contribution in [2.75, 3.05) is 12.5 Å². The Hall–Kier alpha value is -3.33. The number of rotatable bonds is 6. The lowest BCUT2D eigenvalue weighted by atomic mass is 10.2. The van der Waals surface area contributed by atoms with Gasteiger partial charge in [0, 0.05) is 23.1 Å². The third kappa shape index (κ3) is 4.09. The number of carbonyl (C=O) groups excluding carboxylic acids is 1. The van der Waals surface area contributed by atoms with Crippen LogP contribution in [0.25, 0.3) is 11.5 Å². The van der Waals surface area contributed by atoms with E-state index in [4.69, 9.17) is 13.9 Å². The van der Waals surface area contributed by atoms with Gasteiger partial charge in [0.2, 0.25) is 12.7 Å². The Morgan fingerprint density at radius 1 is 1.15 bits per heavy atom. The Bertz CT molecular complexity index is 975. The van der Waals surface area contributed by atoms with Crippen molar-refractivity contribution in [3.63, 3.8) is 0 Å². The number of fused-ring (bicyclic) bond motifs is 1. The van der Waals surface area contributed by atoms with Gasteiger partial charge in [0.05, 0.1) is 0 Å². The number of hydrogen-bond acceptors (Lipinski definition) is 8. The molecule has 1 N–H and O–H groups in total. The maximum Gasteiger partial charge on any atom is 0.277 e. The highest BCUT2D eigenvalue weighted by molar-refractivity contribution is 7.99. The van der Waals surface area contributed by atoms with E-state index >= 15 is 0 Å². The highest BCUT2D eigenvalue weighted by atomic mass is 32.2. The van der Waals surface area contributed by atoms with Gasteiger partial charge in [0.25, 0.3) is 11.1 Å². The first-order valence-corrected chi connectivity index (χ1v) is 9.01. The fourth-order valence-corrected chi connectivity index (χ4v) is 2.85. The van der Waals surface area contributed by atoms with Crippen LogP contribution in [0.15, 0.2) is 63.3 Å². The molecule has 0 atom stereocenters. The molecule has 27 heavy (non-hydrogen) atoms. The molecule has 1 amide bonds. The van der Waals surface area contributed by atoms with Gasteiger partial charge in [0.1, 0.15) is 0 Å². The summed E-state index contributed by atoms with van der Waals surface area (Å²) in [5.41, 5.74) is 3.77. The zero-order valence-corrected chi connectivity index (χ0v) is 14.8. The van der Waals surface area contributed by atoms with Crippen molar-refractivity contribution >= 4 is 23.9 Å². The van der Waals surface area contributed by atoms with Crippen LogP contribution >= 0.6 is 11.8 Å². The highest BCUT2D eigenvalue weighted by Crippen LogP contribution is 2.35. The molecular formula is C18H14N4O4S. The SMILES string of the molecule is O=C(NN=CCSc1nnc(-c2ccc3c(c2)OCO3)o1)c1ccccc1. The average molecular weight is 382 g/mol. The van der Waals surface area contributed by atoms with Crippen molar-refractivity contribution in [3.05, 3.63) is 54.1 Å². The van der Waals surface area contributed by atoms with Crippen molar-refractivity contribution < 1.29 is 18.7 Å². The van der Waals surface area contributed by atoms with Gasteiger partial charge >= 0.3 is 0 Å². The molecule has 2 heterocycles. The normalized spacial score (nSPS) is 12.4. The van der Waals surface area contributed by atoms with Crippen LogP contribution in [0.4, 0.5) is 0 Å². The fourth-order valence-electron chi connectivity index (χ4n) is 2.32. The number of hydrogen-bond donors (Lipinski definition) is 1. The molecule has 0 saturated carbocycles. The van der Waals surface area contributed by atoms with Crippen LogP contribution in [0, 0.1) is 0 Å². The number of aromatic nitrogens is 2. The van der Waals surface area contributed by atoms with E-state index in [1.807, 2.05) is 12.1 Å². The number of ether oxygens (including phenoxy) is 2. The lowest BCUT2D eigenvalue weighted by Gasteiger charge is -1.98.